The second-order valence-electron chi connectivity index (χ2n) is 4.74. The zero-order valence-corrected chi connectivity index (χ0v) is 11.9. The average molecular weight is 267 g/mol. The molecule has 96 valence electrons. The zero-order valence-electron chi connectivity index (χ0n) is 10.3. The van der Waals surface area contributed by atoms with E-state index in [2.05, 4.69) is 6.92 Å². The van der Waals surface area contributed by atoms with Crippen molar-refractivity contribution in [2.24, 2.45) is 0 Å². The van der Waals surface area contributed by atoms with Crippen molar-refractivity contribution in [3.05, 3.63) is 0 Å². The fourth-order valence-electron chi connectivity index (χ4n) is 2.17. The van der Waals surface area contributed by atoms with Gasteiger partial charge in [0.15, 0.2) is 0 Å². The molecule has 1 unspecified atom stereocenters. The molecular formula is C12H24ClO2P. The molecule has 0 N–H and O–H groups in total. The first-order valence-corrected chi connectivity index (χ1v) is 9.32. The summed E-state index contributed by atoms with van der Waals surface area (Å²) in [5, 5.41) is 0. The topological polar surface area (TPSA) is 26.3 Å². The lowest BCUT2D eigenvalue weighted by molar-refractivity contribution is 0.163. The SMILES string of the molecule is CCCCCCP(=O)(Cl)OC1CCCCC1. The largest absolute Gasteiger partial charge is 0.314 e. The highest BCUT2D eigenvalue weighted by Crippen LogP contribution is 2.55. The zero-order chi connectivity index (χ0) is 11.9. The summed E-state index contributed by atoms with van der Waals surface area (Å²) < 4.78 is 17.6. The van der Waals surface area contributed by atoms with Crippen molar-refractivity contribution in [3.8, 4) is 0 Å². The Morgan fingerprint density at radius 1 is 1.19 bits per heavy atom. The van der Waals surface area contributed by atoms with E-state index in [0.29, 0.717) is 6.16 Å². The van der Waals surface area contributed by atoms with Crippen LogP contribution in [0.2, 0.25) is 0 Å². The van der Waals surface area contributed by atoms with Crippen molar-refractivity contribution in [3.63, 3.8) is 0 Å². The molecule has 1 aliphatic carbocycles. The highest BCUT2D eigenvalue weighted by molar-refractivity contribution is 7.85. The number of unbranched alkanes of at least 4 members (excludes halogenated alkanes) is 3. The number of rotatable bonds is 7. The van der Waals surface area contributed by atoms with Gasteiger partial charge in [0, 0.05) is 6.16 Å². The van der Waals surface area contributed by atoms with E-state index < -0.39 is 6.72 Å². The Bertz CT molecular complexity index is 227. The van der Waals surface area contributed by atoms with E-state index in [1.54, 1.807) is 0 Å². The van der Waals surface area contributed by atoms with E-state index in [9.17, 15) is 4.57 Å². The van der Waals surface area contributed by atoms with Crippen LogP contribution in [0.3, 0.4) is 0 Å². The van der Waals surface area contributed by atoms with Gasteiger partial charge >= 0.3 is 0 Å². The minimum atomic E-state index is -2.83. The quantitative estimate of drug-likeness (QED) is 0.459. The molecule has 0 saturated heterocycles. The van der Waals surface area contributed by atoms with Crippen LogP contribution < -0.4 is 0 Å². The van der Waals surface area contributed by atoms with Gasteiger partial charge in [-0.3, -0.25) is 4.57 Å². The minimum Gasteiger partial charge on any atom is -0.314 e. The van der Waals surface area contributed by atoms with Gasteiger partial charge in [-0.15, -0.1) is 0 Å². The molecule has 1 atom stereocenters. The molecule has 0 heterocycles. The standard InChI is InChI=1S/C12H24ClO2P/c1-2-3-4-8-11-16(13,14)15-12-9-6-5-7-10-12/h12H,2-11H2,1H3. The number of halogens is 1. The second-order valence-corrected chi connectivity index (χ2v) is 8.12. The van der Waals surface area contributed by atoms with E-state index >= 15 is 0 Å². The van der Waals surface area contributed by atoms with E-state index in [1.165, 1.54) is 32.1 Å². The molecule has 0 amide bonds. The molecule has 0 bridgehead atoms. The highest BCUT2D eigenvalue weighted by atomic mass is 35.7. The van der Waals surface area contributed by atoms with Gasteiger partial charge in [0.1, 0.15) is 0 Å². The van der Waals surface area contributed by atoms with Crippen LogP contribution in [0.5, 0.6) is 0 Å². The van der Waals surface area contributed by atoms with Crippen LogP contribution in [0.1, 0.15) is 64.7 Å². The molecule has 1 fully saturated rings. The van der Waals surface area contributed by atoms with Crippen LogP contribution in [-0.2, 0) is 9.09 Å². The van der Waals surface area contributed by atoms with E-state index in [0.717, 1.165) is 25.7 Å². The number of hydrogen-bond donors (Lipinski definition) is 0. The van der Waals surface area contributed by atoms with Gasteiger partial charge in [-0.25, -0.2) is 0 Å². The normalized spacial score (nSPS) is 21.9. The van der Waals surface area contributed by atoms with E-state index in [4.69, 9.17) is 15.8 Å². The Morgan fingerprint density at radius 2 is 1.88 bits per heavy atom. The molecule has 16 heavy (non-hydrogen) atoms. The van der Waals surface area contributed by atoms with Crippen molar-refractivity contribution in [1.82, 2.24) is 0 Å². The molecule has 0 spiro atoms. The van der Waals surface area contributed by atoms with E-state index in [1.807, 2.05) is 0 Å². The minimum absolute atomic E-state index is 0.156. The summed E-state index contributed by atoms with van der Waals surface area (Å²) in [6, 6.07) is 0. The van der Waals surface area contributed by atoms with Crippen LogP contribution in [-0.4, -0.2) is 12.3 Å². The van der Waals surface area contributed by atoms with Crippen molar-refractivity contribution >= 4 is 18.0 Å². The number of hydrogen-bond acceptors (Lipinski definition) is 2. The predicted molar refractivity (Wildman–Crippen MR) is 70.4 cm³/mol. The maximum Gasteiger partial charge on any atom is 0.290 e. The predicted octanol–water partition coefficient (Wildman–Crippen LogP) is 5.35. The van der Waals surface area contributed by atoms with Crippen molar-refractivity contribution < 1.29 is 9.09 Å². The second kappa shape index (κ2) is 7.74. The summed E-state index contributed by atoms with van der Waals surface area (Å²) in [5.41, 5.74) is 0. The van der Waals surface area contributed by atoms with Crippen LogP contribution in [0.15, 0.2) is 0 Å². The summed E-state index contributed by atoms with van der Waals surface area (Å²) in [7, 11) is 0. The molecule has 2 nitrogen and oxygen atoms in total. The molecule has 0 aromatic rings. The summed E-state index contributed by atoms with van der Waals surface area (Å²) >= 11 is 5.98. The fourth-order valence-corrected chi connectivity index (χ4v) is 4.23. The summed E-state index contributed by atoms with van der Waals surface area (Å²) in [6.07, 6.45) is 10.9. The molecular weight excluding hydrogens is 243 g/mol. The first-order valence-electron chi connectivity index (χ1n) is 6.61. The Hall–Kier alpha value is 0.480. The van der Waals surface area contributed by atoms with Crippen LogP contribution in [0.4, 0.5) is 0 Å². The average Bonchev–Trinajstić information content (AvgIpc) is 2.25. The van der Waals surface area contributed by atoms with Gasteiger partial charge in [-0.2, -0.15) is 0 Å². The van der Waals surface area contributed by atoms with Crippen molar-refractivity contribution in [2.45, 2.75) is 70.8 Å². The van der Waals surface area contributed by atoms with E-state index in [-0.39, 0.29) is 6.10 Å². The van der Waals surface area contributed by atoms with Gasteiger partial charge in [0.25, 0.3) is 6.72 Å². The summed E-state index contributed by atoms with van der Waals surface area (Å²) in [6.45, 7) is -0.663. The monoisotopic (exact) mass is 266 g/mol. The first-order chi connectivity index (χ1) is 7.64. The van der Waals surface area contributed by atoms with Crippen LogP contribution in [0.25, 0.3) is 0 Å². The van der Waals surface area contributed by atoms with Gasteiger partial charge in [-0.1, -0.05) is 45.4 Å². The Balaban J connectivity index is 2.19. The summed E-state index contributed by atoms with van der Waals surface area (Å²) in [4.78, 5) is 0. The lowest BCUT2D eigenvalue weighted by Gasteiger charge is -2.24. The fraction of sp³-hybridized carbons (Fsp3) is 1.00. The van der Waals surface area contributed by atoms with Crippen molar-refractivity contribution in [2.75, 3.05) is 6.16 Å². The molecule has 0 aromatic carbocycles. The van der Waals surface area contributed by atoms with Crippen LogP contribution in [0, 0.1) is 0 Å². The maximum atomic E-state index is 12.0. The third-order valence-electron chi connectivity index (χ3n) is 3.14. The first kappa shape index (κ1) is 14.5. The Labute approximate surface area is 104 Å². The lowest BCUT2D eigenvalue weighted by atomic mass is 9.98. The lowest BCUT2D eigenvalue weighted by Crippen LogP contribution is -2.14. The Kier molecular flexibility index (Phi) is 7.03. The molecule has 0 aromatic heterocycles. The van der Waals surface area contributed by atoms with Gasteiger partial charge < -0.3 is 4.52 Å². The van der Waals surface area contributed by atoms with Gasteiger partial charge in [-0.05, 0) is 30.5 Å². The molecule has 0 aliphatic heterocycles. The maximum absolute atomic E-state index is 12.0. The Morgan fingerprint density at radius 3 is 2.50 bits per heavy atom. The highest BCUT2D eigenvalue weighted by Gasteiger charge is 2.25. The third-order valence-corrected chi connectivity index (χ3v) is 5.35. The van der Waals surface area contributed by atoms with Crippen LogP contribution >= 0.6 is 18.0 Å². The van der Waals surface area contributed by atoms with Gasteiger partial charge in [0.2, 0.25) is 0 Å². The molecule has 1 rings (SSSR count). The summed E-state index contributed by atoms with van der Waals surface area (Å²) in [5.74, 6) is 0. The molecule has 1 saturated carbocycles. The van der Waals surface area contributed by atoms with Gasteiger partial charge in [0.05, 0.1) is 6.10 Å². The molecule has 0 radical (unpaired) electrons. The third kappa shape index (κ3) is 6.27. The smallest absolute Gasteiger partial charge is 0.290 e. The van der Waals surface area contributed by atoms with Crippen molar-refractivity contribution in [1.29, 1.82) is 0 Å². The molecule has 4 heteroatoms. The molecule has 1 aliphatic rings.